The van der Waals surface area contributed by atoms with Gasteiger partial charge in [-0.2, -0.15) is 10.1 Å². The fraction of sp³-hybridized carbons (Fsp3) is 0.346. The molecule has 0 bridgehead atoms. The minimum Gasteiger partial charge on any atom is -0.424 e. The molecule has 7 heteroatoms. The second-order valence-corrected chi connectivity index (χ2v) is 9.00. The fourth-order valence-corrected chi connectivity index (χ4v) is 4.75. The van der Waals surface area contributed by atoms with E-state index < -0.39 is 0 Å². The van der Waals surface area contributed by atoms with Crippen molar-refractivity contribution < 1.29 is 9.21 Å². The molecule has 1 N–H and O–H groups in total. The lowest BCUT2D eigenvalue weighted by atomic mass is 9.89. The number of benzene rings is 2. The number of nitrogens with zero attached hydrogens (tertiary/aromatic N) is 4. The third kappa shape index (κ3) is 4.23. The van der Waals surface area contributed by atoms with Gasteiger partial charge >= 0.3 is 0 Å². The van der Waals surface area contributed by atoms with E-state index in [0.29, 0.717) is 18.5 Å². The lowest BCUT2D eigenvalue weighted by Gasteiger charge is -2.40. The average molecular weight is 444 g/mol. The fourth-order valence-electron chi connectivity index (χ4n) is 4.75. The summed E-state index contributed by atoms with van der Waals surface area (Å²) in [4.78, 5) is 20.4. The number of carbonyl (C=O) groups excluding carboxylic acids is 1. The van der Waals surface area contributed by atoms with E-state index in [1.165, 1.54) is 0 Å². The molecule has 3 heterocycles. The summed E-state index contributed by atoms with van der Waals surface area (Å²) in [6.07, 6.45) is 5.85. The highest BCUT2D eigenvalue weighted by Gasteiger charge is 2.33. The van der Waals surface area contributed by atoms with Crippen LogP contribution in [0.4, 0.5) is 6.01 Å². The summed E-state index contributed by atoms with van der Waals surface area (Å²) in [7, 11) is 1.89. The number of piperidine rings is 1. The van der Waals surface area contributed by atoms with Crippen LogP contribution >= 0.6 is 0 Å². The van der Waals surface area contributed by atoms with Crippen molar-refractivity contribution in [3.63, 3.8) is 0 Å². The zero-order valence-electron chi connectivity index (χ0n) is 19.3. The predicted molar refractivity (Wildman–Crippen MR) is 129 cm³/mol. The van der Waals surface area contributed by atoms with Crippen LogP contribution in [0.2, 0.25) is 0 Å². The van der Waals surface area contributed by atoms with Gasteiger partial charge < -0.3 is 14.6 Å². The summed E-state index contributed by atoms with van der Waals surface area (Å²) in [6.45, 7) is 5.57. The normalized spacial score (nSPS) is 18.6. The summed E-state index contributed by atoms with van der Waals surface area (Å²) in [5.41, 5.74) is 5.24. The molecule has 0 spiro atoms. The van der Waals surface area contributed by atoms with E-state index >= 15 is 0 Å². The van der Waals surface area contributed by atoms with Gasteiger partial charge in [0.1, 0.15) is 5.52 Å². The lowest BCUT2D eigenvalue weighted by molar-refractivity contribution is 0.0540. The Kier molecular flexibility index (Phi) is 5.62. The smallest absolute Gasteiger partial charge is 0.295 e. The molecular weight excluding hydrogens is 414 g/mol. The first-order valence-corrected chi connectivity index (χ1v) is 11.5. The number of hydrogen-bond donors (Lipinski definition) is 1. The molecule has 33 heavy (non-hydrogen) atoms. The summed E-state index contributed by atoms with van der Waals surface area (Å²) < 4.78 is 7.60. The first-order valence-electron chi connectivity index (χ1n) is 11.5. The topological polar surface area (TPSA) is 76.2 Å². The number of aromatic nitrogens is 3. The van der Waals surface area contributed by atoms with Crippen molar-refractivity contribution in [2.24, 2.45) is 13.0 Å². The summed E-state index contributed by atoms with van der Waals surface area (Å²) in [5.74, 6) is 0.430. The minimum atomic E-state index is 0.0449. The number of para-hydroxylation sites is 2. The van der Waals surface area contributed by atoms with Crippen molar-refractivity contribution in [3.8, 4) is 11.1 Å². The van der Waals surface area contributed by atoms with Crippen LogP contribution in [0.25, 0.3) is 22.2 Å². The van der Waals surface area contributed by atoms with Crippen molar-refractivity contribution in [2.75, 3.05) is 18.4 Å². The Morgan fingerprint density at radius 1 is 1.24 bits per heavy atom. The number of fused-ring (bicyclic) bond motifs is 1. The summed E-state index contributed by atoms with van der Waals surface area (Å²) >= 11 is 0. The van der Waals surface area contributed by atoms with Gasteiger partial charge in [0.05, 0.1) is 12.2 Å². The third-order valence-corrected chi connectivity index (χ3v) is 6.55. The van der Waals surface area contributed by atoms with Gasteiger partial charge in [0.15, 0.2) is 5.58 Å². The number of rotatable bonds is 5. The van der Waals surface area contributed by atoms with Crippen LogP contribution in [0.5, 0.6) is 0 Å². The van der Waals surface area contributed by atoms with Gasteiger partial charge in [0, 0.05) is 37.5 Å². The van der Waals surface area contributed by atoms with Gasteiger partial charge in [-0.05, 0) is 49.4 Å². The maximum atomic E-state index is 13.9. The predicted octanol–water partition coefficient (Wildman–Crippen LogP) is 4.89. The third-order valence-electron chi connectivity index (χ3n) is 6.55. The first-order chi connectivity index (χ1) is 16.0. The maximum absolute atomic E-state index is 13.9. The van der Waals surface area contributed by atoms with Crippen LogP contribution in [0.15, 0.2) is 59.3 Å². The highest BCUT2D eigenvalue weighted by Crippen LogP contribution is 2.30. The standard InChI is InChI=1S/C26H29N5O2/c1-17-10-11-20(19-14-28-30(3)16-19)21(13-17)25(32)31-12-6-7-18(2)23(31)15-27-26-29-22-8-4-5-9-24(22)33-26/h4-5,8-11,13-14,16,18,23H,6-7,12,15H2,1-3H3,(H,27,29). The van der Waals surface area contributed by atoms with Crippen LogP contribution in [-0.4, -0.2) is 44.7 Å². The molecule has 1 aliphatic rings. The van der Waals surface area contributed by atoms with Crippen LogP contribution in [-0.2, 0) is 7.05 Å². The van der Waals surface area contributed by atoms with E-state index in [1.54, 1.807) is 4.68 Å². The molecule has 0 saturated carbocycles. The van der Waals surface area contributed by atoms with E-state index in [4.69, 9.17) is 4.42 Å². The number of likely N-dealkylation sites (tertiary alicyclic amines) is 1. The van der Waals surface area contributed by atoms with Gasteiger partial charge in [-0.25, -0.2) is 0 Å². The Morgan fingerprint density at radius 3 is 2.88 bits per heavy atom. The largest absolute Gasteiger partial charge is 0.424 e. The molecule has 7 nitrogen and oxygen atoms in total. The highest BCUT2D eigenvalue weighted by atomic mass is 16.4. The van der Waals surface area contributed by atoms with Crippen LogP contribution in [0.1, 0.15) is 35.7 Å². The summed E-state index contributed by atoms with van der Waals surface area (Å²) in [6, 6.07) is 14.3. The molecule has 2 aromatic carbocycles. The number of hydrogen-bond acceptors (Lipinski definition) is 5. The van der Waals surface area contributed by atoms with Gasteiger partial charge in [-0.3, -0.25) is 9.48 Å². The van der Waals surface area contributed by atoms with Crippen LogP contribution in [0.3, 0.4) is 0 Å². The molecule has 1 amide bonds. The number of amides is 1. The average Bonchev–Trinajstić information content (AvgIpc) is 3.43. The van der Waals surface area contributed by atoms with Gasteiger partial charge in [0.25, 0.3) is 11.9 Å². The number of anilines is 1. The second-order valence-electron chi connectivity index (χ2n) is 9.00. The Morgan fingerprint density at radius 2 is 2.09 bits per heavy atom. The van der Waals surface area contributed by atoms with E-state index in [1.807, 2.05) is 73.7 Å². The number of oxazole rings is 1. The van der Waals surface area contributed by atoms with Crippen LogP contribution < -0.4 is 5.32 Å². The Balaban J connectivity index is 1.42. The molecule has 5 rings (SSSR count). The van der Waals surface area contributed by atoms with Gasteiger partial charge in [0.2, 0.25) is 0 Å². The molecule has 2 unspecified atom stereocenters. The highest BCUT2D eigenvalue weighted by molar-refractivity contribution is 6.01. The molecule has 4 aromatic rings. The molecule has 1 fully saturated rings. The van der Waals surface area contributed by atoms with E-state index in [2.05, 4.69) is 22.3 Å². The number of aryl methyl sites for hydroxylation is 2. The Labute approximate surface area is 193 Å². The quantitative estimate of drug-likeness (QED) is 0.475. The van der Waals surface area contributed by atoms with Crippen molar-refractivity contribution in [1.29, 1.82) is 0 Å². The molecule has 0 radical (unpaired) electrons. The molecule has 0 aliphatic carbocycles. The molecule has 1 aliphatic heterocycles. The van der Waals surface area contributed by atoms with E-state index in [9.17, 15) is 4.79 Å². The Bertz CT molecular complexity index is 1260. The van der Waals surface area contributed by atoms with Crippen molar-refractivity contribution in [3.05, 3.63) is 66.0 Å². The molecule has 2 atom stereocenters. The van der Waals surface area contributed by atoms with Gasteiger partial charge in [-0.15, -0.1) is 0 Å². The van der Waals surface area contributed by atoms with Crippen molar-refractivity contribution in [1.82, 2.24) is 19.7 Å². The molecular formula is C26H29N5O2. The zero-order chi connectivity index (χ0) is 22.9. The Hall–Kier alpha value is -3.61. The number of carbonyl (C=O) groups is 1. The monoisotopic (exact) mass is 443 g/mol. The molecule has 1 saturated heterocycles. The first kappa shape index (κ1) is 21.2. The van der Waals surface area contributed by atoms with E-state index in [-0.39, 0.29) is 11.9 Å². The van der Waals surface area contributed by atoms with Crippen molar-refractivity contribution in [2.45, 2.75) is 32.7 Å². The summed E-state index contributed by atoms with van der Waals surface area (Å²) in [5, 5.41) is 7.65. The number of nitrogens with one attached hydrogen (secondary N) is 1. The zero-order valence-corrected chi connectivity index (χ0v) is 19.3. The van der Waals surface area contributed by atoms with Gasteiger partial charge in [-0.1, -0.05) is 36.8 Å². The lowest BCUT2D eigenvalue weighted by Crippen LogP contribution is -2.51. The van der Waals surface area contributed by atoms with E-state index in [0.717, 1.165) is 52.7 Å². The van der Waals surface area contributed by atoms with Crippen molar-refractivity contribution >= 4 is 23.0 Å². The molecule has 170 valence electrons. The van der Waals surface area contributed by atoms with Crippen LogP contribution in [0, 0.1) is 12.8 Å². The minimum absolute atomic E-state index is 0.0449. The SMILES string of the molecule is Cc1ccc(-c2cnn(C)c2)c(C(=O)N2CCCC(C)C2CNc2nc3ccccc3o2)c1. The molecule has 2 aromatic heterocycles. The second kappa shape index (κ2) is 8.73. The maximum Gasteiger partial charge on any atom is 0.295 e.